The molecular formula is C24H32N2O5. The first kappa shape index (κ1) is 24.5. The molecule has 2 aromatic rings. The summed E-state index contributed by atoms with van der Waals surface area (Å²) in [7, 11) is 0. The molecule has 1 aromatic heterocycles. The van der Waals surface area contributed by atoms with Crippen molar-refractivity contribution in [1.82, 2.24) is 10.3 Å². The Morgan fingerprint density at radius 2 is 1.52 bits per heavy atom. The van der Waals surface area contributed by atoms with Gasteiger partial charge < -0.3 is 14.8 Å². The quantitative estimate of drug-likeness (QED) is 0.361. The van der Waals surface area contributed by atoms with Gasteiger partial charge in [0.2, 0.25) is 5.88 Å². The van der Waals surface area contributed by atoms with Crippen LogP contribution < -0.4 is 14.8 Å². The lowest BCUT2D eigenvalue weighted by molar-refractivity contribution is -0.138. The van der Waals surface area contributed by atoms with Crippen molar-refractivity contribution in [2.45, 2.75) is 67.0 Å². The zero-order chi connectivity index (χ0) is 23.3. The van der Waals surface area contributed by atoms with Gasteiger partial charge in [0.25, 0.3) is 0 Å². The molecule has 0 aliphatic carbocycles. The van der Waals surface area contributed by atoms with Gasteiger partial charge in [-0.05, 0) is 24.6 Å². The fourth-order valence-electron chi connectivity index (χ4n) is 2.94. The molecule has 1 atom stereocenters. The average Bonchev–Trinajstić information content (AvgIpc) is 2.71. The Kier molecular flexibility index (Phi) is 8.28. The van der Waals surface area contributed by atoms with Gasteiger partial charge in [0.05, 0.1) is 17.9 Å². The molecule has 1 heterocycles. The van der Waals surface area contributed by atoms with Gasteiger partial charge in [0.1, 0.15) is 5.52 Å². The van der Waals surface area contributed by atoms with Crippen molar-refractivity contribution >= 4 is 28.6 Å². The number of Topliss-reactive ketones (excluding diaryl/α,β-unsaturated/α-hetero) is 1. The highest BCUT2D eigenvalue weighted by atomic mass is 16.5. The molecule has 1 unspecified atom stereocenters. The predicted octanol–water partition coefficient (Wildman–Crippen LogP) is 4.32. The van der Waals surface area contributed by atoms with Crippen molar-refractivity contribution in [2.75, 3.05) is 0 Å². The number of ether oxygens (including phenoxy) is 2. The molecule has 168 valence electrons. The number of rotatable bonds is 9. The third-order valence-corrected chi connectivity index (χ3v) is 4.68. The van der Waals surface area contributed by atoms with E-state index in [2.05, 4.69) is 10.3 Å². The Morgan fingerprint density at radius 3 is 2.06 bits per heavy atom. The second kappa shape index (κ2) is 10.5. The van der Waals surface area contributed by atoms with Gasteiger partial charge in [-0.1, -0.05) is 48.5 Å². The fourth-order valence-corrected chi connectivity index (χ4v) is 2.94. The molecule has 1 N–H and O–H groups in total. The van der Waals surface area contributed by atoms with Crippen LogP contribution in [-0.2, 0) is 9.59 Å². The Hall–Kier alpha value is -2.80. The molecule has 1 aromatic carbocycles. The number of aromatic nitrogens is 1. The number of pyridine rings is 1. The van der Waals surface area contributed by atoms with E-state index in [9.17, 15) is 14.4 Å². The van der Waals surface area contributed by atoms with Gasteiger partial charge >= 0.3 is 11.9 Å². The lowest BCUT2D eigenvalue weighted by Crippen LogP contribution is -2.40. The molecule has 0 spiro atoms. The van der Waals surface area contributed by atoms with Crippen LogP contribution in [0, 0.1) is 11.8 Å². The molecular weight excluding hydrogens is 396 g/mol. The van der Waals surface area contributed by atoms with E-state index in [0.29, 0.717) is 22.9 Å². The summed E-state index contributed by atoms with van der Waals surface area (Å²) in [4.78, 5) is 41.8. The average molecular weight is 429 g/mol. The van der Waals surface area contributed by atoms with E-state index in [1.165, 1.54) is 0 Å². The maximum absolute atomic E-state index is 13.2. The molecule has 0 saturated carbocycles. The van der Waals surface area contributed by atoms with E-state index in [1.807, 2.05) is 20.8 Å². The number of fused-ring (bicyclic) bond motifs is 1. The van der Waals surface area contributed by atoms with E-state index in [1.54, 1.807) is 52.0 Å². The molecule has 7 nitrogen and oxygen atoms in total. The minimum absolute atomic E-state index is 0.0725. The lowest BCUT2D eigenvalue weighted by Gasteiger charge is -2.20. The summed E-state index contributed by atoms with van der Waals surface area (Å²) < 4.78 is 10.8. The van der Waals surface area contributed by atoms with Gasteiger partial charge in [-0.2, -0.15) is 0 Å². The SMILES string of the molecule is CCC(NC(C)C)C(=O)c1ccc(OC(=O)C(C)C)c2nc(OC(=O)C(C)C)ccc12. The minimum atomic E-state index is -0.424. The summed E-state index contributed by atoms with van der Waals surface area (Å²) in [5.74, 6) is -1.26. The van der Waals surface area contributed by atoms with Gasteiger partial charge in [0, 0.05) is 23.1 Å². The van der Waals surface area contributed by atoms with Gasteiger partial charge in [-0.3, -0.25) is 14.4 Å². The first-order valence-electron chi connectivity index (χ1n) is 10.7. The highest BCUT2D eigenvalue weighted by Crippen LogP contribution is 2.31. The Morgan fingerprint density at radius 1 is 0.903 bits per heavy atom. The molecule has 0 radical (unpaired) electrons. The van der Waals surface area contributed by atoms with E-state index in [0.717, 1.165) is 0 Å². The number of carbonyl (C=O) groups excluding carboxylic acids is 3. The highest BCUT2D eigenvalue weighted by molar-refractivity contribution is 6.11. The maximum Gasteiger partial charge on any atom is 0.315 e. The number of nitrogens with one attached hydrogen (secondary N) is 1. The second-order valence-electron chi connectivity index (χ2n) is 8.45. The van der Waals surface area contributed by atoms with Crippen LogP contribution in [-0.4, -0.2) is 34.8 Å². The third kappa shape index (κ3) is 6.10. The fraction of sp³-hybridized carbons (Fsp3) is 0.500. The normalized spacial score (nSPS) is 12.5. The standard InChI is InChI=1S/C24H32N2O5/c1-8-18(25-15(6)7)22(27)17-9-11-19(30-23(28)13(2)3)21-16(17)10-12-20(26-21)31-24(29)14(4)5/h9-15,18,25H,8H2,1-7H3. The first-order chi connectivity index (χ1) is 14.5. The lowest BCUT2D eigenvalue weighted by atomic mass is 9.97. The summed E-state index contributed by atoms with van der Waals surface area (Å²) in [5, 5.41) is 3.81. The minimum Gasteiger partial charge on any atom is -0.424 e. The summed E-state index contributed by atoms with van der Waals surface area (Å²) in [6.45, 7) is 12.8. The maximum atomic E-state index is 13.2. The van der Waals surface area contributed by atoms with Crippen molar-refractivity contribution < 1.29 is 23.9 Å². The predicted molar refractivity (Wildman–Crippen MR) is 119 cm³/mol. The Bertz CT molecular complexity index is 966. The molecule has 7 heteroatoms. The Labute approximate surface area is 183 Å². The molecule has 0 bridgehead atoms. The number of carbonyl (C=O) groups is 3. The largest absolute Gasteiger partial charge is 0.424 e. The summed E-state index contributed by atoms with van der Waals surface area (Å²) in [6.07, 6.45) is 0.625. The van der Waals surface area contributed by atoms with Gasteiger partial charge in [-0.15, -0.1) is 0 Å². The van der Waals surface area contributed by atoms with E-state index >= 15 is 0 Å². The number of hydrogen-bond acceptors (Lipinski definition) is 7. The van der Waals surface area contributed by atoms with Crippen molar-refractivity contribution in [3.05, 3.63) is 29.8 Å². The number of benzene rings is 1. The smallest absolute Gasteiger partial charge is 0.315 e. The van der Waals surface area contributed by atoms with Gasteiger partial charge in [-0.25, -0.2) is 4.98 Å². The number of esters is 2. The zero-order valence-corrected chi connectivity index (χ0v) is 19.3. The molecule has 0 amide bonds. The van der Waals surface area contributed by atoms with Crippen molar-refractivity contribution in [3.63, 3.8) is 0 Å². The van der Waals surface area contributed by atoms with Crippen molar-refractivity contribution in [1.29, 1.82) is 0 Å². The van der Waals surface area contributed by atoms with E-state index < -0.39 is 11.9 Å². The van der Waals surface area contributed by atoms with Gasteiger partial charge in [0.15, 0.2) is 11.5 Å². The molecule has 2 rings (SSSR count). The van der Waals surface area contributed by atoms with E-state index in [4.69, 9.17) is 9.47 Å². The van der Waals surface area contributed by atoms with Crippen LogP contribution in [0.25, 0.3) is 10.9 Å². The molecule has 0 aliphatic heterocycles. The van der Waals surface area contributed by atoms with Crippen molar-refractivity contribution in [2.24, 2.45) is 11.8 Å². The third-order valence-electron chi connectivity index (χ3n) is 4.68. The molecule has 0 aliphatic rings. The van der Waals surface area contributed by atoms with Crippen LogP contribution >= 0.6 is 0 Å². The molecule has 0 saturated heterocycles. The second-order valence-corrected chi connectivity index (χ2v) is 8.45. The summed E-state index contributed by atoms with van der Waals surface area (Å²) in [6, 6.07) is 6.23. The zero-order valence-electron chi connectivity index (χ0n) is 19.3. The number of nitrogens with zero attached hydrogens (tertiary/aromatic N) is 1. The van der Waals surface area contributed by atoms with Crippen LogP contribution in [0.2, 0.25) is 0 Å². The summed E-state index contributed by atoms with van der Waals surface area (Å²) in [5.41, 5.74) is 0.766. The number of ketones is 1. The van der Waals surface area contributed by atoms with Crippen LogP contribution in [0.3, 0.4) is 0 Å². The number of hydrogen-bond donors (Lipinski definition) is 1. The van der Waals surface area contributed by atoms with Crippen LogP contribution in [0.15, 0.2) is 24.3 Å². The van der Waals surface area contributed by atoms with E-state index in [-0.39, 0.29) is 41.3 Å². The topological polar surface area (TPSA) is 94.6 Å². The first-order valence-corrected chi connectivity index (χ1v) is 10.7. The summed E-state index contributed by atoms with van der Waals surface area (Å²) >= 11 is 0. The molecule has 31 heavy (non-hydrogen) atoms. The van der Waals surface area contributed by atoms with Crippen LogP contribution in [0.4, 0.5) is 0 Å². The monoisotopic (exact) mass is 428 g/mol. The van der Waals surface area contributed by atoms with Crippen LogP contribution in [0.1, 0.15) is 65.2 Å². The highest BCUT2D eigenvalue weighted by Gasteiger charge is 2.24. The Balaban J connectivity index is 2.58. The van der Waals surface area contributed by atoms with Crippen molar-refractivity contribution in [3.8, 4) is 11.6 Å². The van der Waals surface area contributed by atoms with Crippen LogP contribution in [0.5, 0.6) is 11.6 Å². The molecule has 0 fully saturated rings.